The zero-order valence-electron chi connectivity index (χ0n) is 14.8. The second kappa shape index (κ2) is 7.97. The Balaban J connectivity index is 1.61. The number of nitrogens with two attached hydrogens (primary N) is 1. The number of nitrogens with one attached hydrogen (secondary N) is 1. The van der Waals surface area contributed by atoms with Crippen molar-refractivity contribution in [3.05, 3.63) is 34.6 Å². The summed E-state index contributed by atoms with van der Waals surface area (Å²) < 4.78 is 0. The molecule has 134 valence electrons. The Morgan fingerprint density at radius 1 is 1.40 bits per heavy atom. The molecule has 1 aliphatic rings. The second-order valence-corrected chi connectivity index (χ2v) is 8.03. The SMILES string of the molecule is Cc1cc(-c2cnc(/C=C\C(N)=NC3CCC(CO)CC3)[nH]2)sc1C. The molecule has 2 heterocycles. The van der Waals surface area contributed by atoms with E-state index in [1.54, 1.807) is 11.3 Å². The number of aliphatic hydroxyl groups is 1. The molecule has 0 atom stereocenters. The van der Waals surface area contributed by atoms with E-state index in [9.17, 15) is 5.11 Å². The first-order valence-corrected chi connectivity index (χ1v) is 9.61. The Hall–Kier alpha value is -1.92. The van der Waals surface area contributed by atoms with Crippen molar-refractivity contribution in [2.75, 3.05) is 6.61 Å². The maximum absolute atomic E-state index is 9.19. The Morgan fingerprint density at radius 2 is 2.16 bits per heavy atom. The van der Waals surface area contributed by atoms with Gasteiger partial charge in [0.15, 0.2) is 0 Å². The summed E-state index contributed by atoms with van der Waals surface area (Å²) in [6.07, 6.45) is 9.60. The lowest BCUT2D eigenvalue weighted by Crippen LogP contribution is -2.22. The molecule has 2 aromatic rings. The summed E-state index contributed by atoms with van der Waals surface area (Å²) in [6.45, 7) is 4.54. The van der Waals surface area contributed by atoms with E-state index < -0.39 is 0 Å². The highest BCUT2D eigenvalue weighted by Gasteiger charge is 2.19. The van der Waals surface area contributed by atoms with E-state index in [4.69, 9.17) is 5.73 Å². The molecule has 0 aliphatic heterocycles. The lowest BCUT2D eigenvalue weighted by atomic mass is 9.87. The number of H-pyrrole nitrogens is 1. The van der Waals surface area contributed by atoms with Gasteiger partial charge in [-0.15, -0.1) is 11.3 Å². The lowest BCUT2D eigenvalue weighted by Gasteiger charge is -2.24. The van der Waals surface area contributed by atoms with Gasteiger partial charge in [-0.1, -0.05) is 0 Å². The molecule has 0 spiro atoms. The molecule has 0 unspecified atom stereocenters. The van der Waals surface area contributed by atoms with Crippen LogP contribution in [0.1, 0.15) is 41.9 Å². The van der Waals surface area contributed by atoms with E-state index in [-0.39, 0.29) is 12.6 Å². The molecule has 2 aromatic heterocycles. The van der Waals surface area contributed by atoms with Crippen LogP contribution in [-0.2, 0) is 0 Å². The largest absolute Gasteiger partial charge is 0.396 e. The van der Waals surface area contributed by atoms with Gasteiger partial charge >= 0.3 is 0 Å². The summed E-state index contributed by atoms with van der Waals surface area (Å²) >= 11 is 1.77. The van der Waals surface area contributed by atoms with Gasteiger partial charge in [0, 0.05) is 11.5 Å². The third kappa shape index (κ3) is 4.58. The fourth-order valence-corrected chi connectivity index (χ4v) is 4.13. The first-order valence-electron chi connectivity index (χ1n) is 8.79. The Bertz CT molecular complexity index is 747. The van der Waals surface area contributed by atoms with Gasteiger partial charge in [-0.05, 0) is 69.2 Å². The average molecular weight is 359 g/mol. The summed E-state index contributed by atoms with van der Waals surface area (Å²) in [4.78, 5) is 14.8. The van der Waals surface area contributed by atoms with E-state index in [0.717, 1.165) is 37.2 Å². The van der Waals surface area contributed by atoms with Gasteiger partial charge in [0.1, 0.15) is 11.7 Å². The van der Waals surface area contributed by atoms with Crippen molar-refractivity contribution in [1.29, 1.82) is 0 Å². The summed E-state index contributed by atoms with van der Waals surface area (Å²) in [6, 6.07) is 2.45. The first-order chi connectivity index (χ1) is 12.0. The Labute approximate surface area is 152 Å². The fraction of sp³-hybridized carbons (Fsp3) is 0.474. The minimum atomic E-state index is 0.275. The number of thiophene rings is 1. The zero-order chi connectivity index (χ0) is 17.8. The van der Waals surface area contributed by atoms with E-state index in [2.05, 4.69) is 34.9 Å². The van der Waals surface area contributed by atoms with Crippen LogP contribution in [0.3, 0.4) is 0 Å². The molecule has 1 aliphatic carbocycles. The number of rotatable bonds is 5. The second-order valence-electron chi connectivity index (χ2n) is 6.78. The van der Waals surface area contributed by atoms with Crippen LogP contribution < -0.4 is 5.73 Å². The molecule has 1 saturated carbocycles. The monoisotopic (exact) mass is 358 g/mol. The number of aliphatic imine (C=N–C) groups is 1. The first kappa shape index (κ1) is 17.9. The van der Waals surface area contributed by atoms with Gasteiger partial charge < -0.3 is 15.8 Å². The molecule has 3 rings (SSSR count). The molecule has 4 N–H and O–H groups in total. The normalized spacial score (nSPS) is 22.0. The van der Waals surface area contributed by atoms with Crippen molar-refractivity contribution in [2.45, 2.75) is 45.6 Å². The quantitative estimate of drug-likeness (QED) is 0.563. The molecule has 1 fully saturated rings. The number of amidine groups is 1. The highest BCUT2D eigenvalue weighted by molar-refractivity contribution is 7.15. The number of aliphatic hydroxyl groups excluding tert-OH is 1. The third-order valence-electron chi connectivity index (χ3n) is 4.84. The summed E-state index contributed by atoms with van der Waals surface area (Å²) in [5.41, 5.74) is 8.37. The maximum Gasteiger partial charge on any atom is 0.130 e. The molecule has 0 aromatic carbocycles. The van der Waals surface area contributed by atoms with Crippen molar-refractivity contribution in [2.24, 2.45) is 16.6 Å². The standard InChI is InChI=1S/C19H26N4OS/c1-12-9-17(25-13(12)2)16-10-21-19(23-16)8-7-18(20)22-15-5-3-14(11-24)4-6-15/h7-10,14-15,24H,3-6,11H2,1-2H3,(H2,20,22)(H,21,23)/b8-7-. The predicted molar refractivity (Wildman–Crippen MR) is 105 cm³/mol. The minimum absolute atomic E-state index is 0.275. The molecule has 0 saturated heterocycles. The molecule has 25 heavy (non-hydrogen) atoms. The molecule has 0 amide bonds. The topological polar surface area (TPSA) is 87.3 Å². The van der Waals surface area contributed by atoms with Crippen molar-refractivity contribution >= 4 is 23.2 Å². The minimum Gasteiger partial charge on any atom is -0.396 e. The van der Waals surface area contributed by atoms with Gasteiger partial charge in [-0.3, -0.25) is 4.99 Å². The summed E-state index contributed by atoms with van der Waals surface area (Å²) in [5.74, 6) is 1.75. The number of nitrogens with zero attached hydrogens (tertiary/aromatic N) is 2. The smallest absolute Gasteiger partial charge is 0.130 e. The molecular formula is C19H26N4OS. The number of aromatic nitrogens is 2. The van der Waals surface area contributed by atoms with Crippen LogP contribution in [0.15, 0.2) is 23.3 Å². The van der Waals surface area contributed by atoms with Crippen LogP contribution in [0.2, 0.25) is 0 Å². The third-order valence-corrected chi connectivity index (χ3v) is 6.03. The van der Waals surface area contributed by atoms with E-state index in [1.165, 1.54) is 15.3 Å². The van der Waals surface area contributed by atoms with Crippen LogP contribution in [0.4, 0.5) is 0 Å². The fourth-order valence-electron chi connectivity index (χ4n) is 3.13. The van der Waals surface area contributed by atoms with Crippen LogP contribution in [-0.4, -0.2) is 33.6 Å². The number of aromatic amines is 1. The van der Waals surface area contributed by atoms with E-state index in [0.29, 0.717) is 11.8 Å². The molecule has 5 nitrogen and oxygen atoms in total. The number of aryl methyl sites for hydroxylation is 2. The van der Waals surface area contributed by atoms with Crippen molar-refractivity contribution in [3.8, 4) is 10.6 Å². The van der Waals surface area contributed by atoms with Crippen LogP contribution >= 0.6 is 11.3 Å². The lowest BCUT2D eigenvalue weighted by molar-refractivity contribution is 0.183. The van der Waals surface area contributed by atoms with Crippen molar-refractivity contribution in [1.82, 2.24) is 9.97 Å². The van der Waals surface area contributed by atoms with Gasteiger partial charge in [0.05, 0.1) is 22.8 Å². The van der Waals surface area contributed by atoms with Gasteiger partial charge in [-0.25, -0.2) is 4.98 Å². The number of hydrogen-bond acceptors (Lipinski definition) is 4. The van der Waals surface area contributed by atoms with Gasteiger partial charge in [-0.2, -0.15) is 0 Å². The van der Waals surface area contributed by atoms with Gasteiger partial charge in [0.2, 0.25) is 0 Å². The Kier molecular flexibility index (Phi) is 5.71. The molecular weight excluding hydrogens is 332 g/mol. The van der Waals surface area contributed by atoms with E-state index >= 15 is 0 Å². The number of hydrogen-bond donors (Lipinski definition) is 3. The van der Waals surface area contributed by atoms with E-state index in [1.807, 2.05) is 18.3 Å². The average Bonchev–Trinajstić information content (AvgIpc) is 3.21. The van der Waals surface area contributed by atoms with Crippen LogP contribution in [0, 0.1) is 19.8 Å². The predicted octanol–water partition coefficient (Wildman–Crippen LogP) is 3.68. The van der Waals surface area contributed by atoms with Crippen molar-refractivity contribution < 1.29 is 5.11 Å². The van der Waals surface area contributed by atoms with Crippen molar-refractivity contribution in [3.63, 3.8) is 0 Å². The molecule has 0 bridgehead atoms. The summed E-state index contributed by atoms with van der Waals surface area (Å²) in [7, 11) is 0. The highest BCUT2D eigenvalue weighted by Crippen LogP contribution is 2.29. The maximum atomic E-state index is 9.19. The van der Waals surface area contributed by atoms with Crippen LogP contribution in [0.5, 0.6) is 0 Å². The van der Waals surface area contributed by atoms with Gasteiger partial charge in [0.25, 0.3) is 0 Å². The molecule has 6 heteroatoms. The Morgan fingerprint density at radius 3 is 2.80 bits per heavy atom. The number of imidazole rings is 1. The summed E-state index contributed by atoms with van der Waals surface area (Å²) in [5, 5.41) is 9.19. The molecule has 0 radical (unpaired) electrons. The zero-order valence-corrected chi connectivity index (χ0v) is 15.6. The van der Waals surface area contributed by atoms with Crippen LogP contribution in [0.25, 0.3) is 16.6 Å². The highest BCUT2D eigenvalue weighted by atomic mass is 32.1.